The third kappa shape index (κ3) is 3.55. The fourth-order valence-electron chi connectivity index (χ4n) is 1.87. The highest BCUT2D eigenvalue weighted by Gasteiger charge is 2.11. The van der Waals surface area contributed by atoms with E-state index < -0.39 is 5.82 Å². The molecule has 0 aliphatic carbocycles. The van der Waals surface area contributed by atoms with E-state index in [-0.39, 0.29) is 18.2 Å². The summed E-state index contributed by atoms with van der Waals surface area (Å²) in [5.41, 5.74) is 6.53. The van der Waals surface area contributed by atoms with Crippen LogP contribution in [-0.2, 0) is 13.0 Å². The van der Waals surface area contributed by atoms with Crippen molar-refractivity contribution in [3.05, 3.63) is 63.6 Å². The van der Waals surface area contributed by atoms with Crippen molar-refractivity contribution in [3.63, 3.8) is 0 Å². The third-order valence-corrected chi connectivity index (χ3v) is 3.34. The molecule has 0 aliphatic heterocycles. The fourth-order valence-corrected chi connectivity index (χ4v) is 2.28. The highest BCUT2D eigenvalue weighted by Crippen LogP contribution is 2.25. The van der Waals surface area contributed by atoms with Crippen LogP contribution in [0.5, 0.6) is 5.75 Å². The van der Waals surface area contributed by atoms with Gasteiger partial charge in [-0.25, -0.2) is 8.78 Å². The van der Waals surface area contributed by atoms with Crippen LogP contribution in [0.2, 0.25) is 0 Å². The number of halogens is 3. The molecule has 0 unspecified atom stereocenters. The van der Waals surface area contributed by atoms with Crippen LogP contribution in [0.3, 0.4) is 0 Å². The number of para-hydroxylation sites is 1. The van der Waals surface area contributed by atoms with E-state index in [0.717, 1.165) is 4.47 Å². The van der Waals surface area contributed by atoms with Crippen LogP contribution in [0.15, 0.2) is 40.9 Å². The second kappa shape index (κ2) is 6.81. The van der Waals surface area contributed by atoms with Gasteiger partial charge in [0.1, 0.15) is 12.4 Å². The lowest BCUT2D eigenvalue weighted by Crippen LogP contribution is -2.07. The molecule has 2 N–H and O–H groups in total. The molecule has 20 heavy (non-hydrogen) atoms. The normalized spacial score (nSPS) is 10.6. The van der Waals surface area contributed by atoms with Crippen molar-refractivity contribution in [1.29, 1.82) is 0 Å². The zero-order valence-electron chi connectivity index (χ0n) is 10.7. The van der Waals surface area contributed by atoms with Gasteiger partial charge in [-0.15, -0.1) is 0 Å². The third-order valence-electron chi connectivity index (χ3n) is 2.84. The Labute approximate surface area is 124 Å². The van der Waals surface area contributed by atoms with Gasteiger partial charge in [0.15, 0.2) is 11.6 Å². The Morgan fingerprint density at radius 1 is 1.05 bits per heavy atom. The molecule has 5 heteroatoms. The minimum atomic E-state index is -0.466. The average Bonchev–Trinajstić information content (AvgIpc) is 2.42. The van der Waals surface area contributed by atoms with E-state index in [2.05, 4.69) is 15.9 Å². The van der Waals surface area contributed by atoms with Crippen LogP contribution in [0, 0.1) is 11.6 Å². The molecule has 0 bridgehead atoms. The maximum Gasteiger partial charge on any atom is 0.165 e. The van der Waals surface area contributed by atoms with Gasteiger partial charge < -0.3 is 10.5 Å². The molecule has 0 heterocycles. The molecule has 2 rings (SSSR count). The molecular formula is C15H14BrF2NO. The number of rotatable bonds is 5. The topological polar surface area (TPSA) is 35.2 Å². The molecule has 0 amide bonds. The lowest BCUT2D eigenvalue weighted by Gasteiger charge is -2.12. The summed E-state index contributed by atoms with van der Waals surface area (Å²) in [4.78, 5) is 0. The van der Waals surface area contributed by atoms with Crippen LogP contribution in [0.1, 0.15) is 11.1 Å². The Hall–Kier alpha value is -1.46. The van der Waals surface area contributed by atoms with E-state index in [9.17, 15) is 8.78 Å². The summed E-state index contributed by atoms with van der Waals surface area (Å²) in [6, 6.07) is 9.22. The maximum atomic E-state index is 13.8. The van der Waals surface area contributed by atoms with Crippen molar-refractivity contribution in [2.45, 2.75) is 13.0 Å². The number of ether oxygens (including phenoxy) is 1. The molecule has 0 saturated heterocycles. The monoisotopic (exact) mass is 341 g/mol. The molecule has 0 aromatic heterocycles. The first-order chi connectivity index (χ1) is 9.61. The zero-order chi connectivity index (χ0) is 14.5. The van der Waals surface area contributed by atoms with Gasteiger partial charge in [-0.05, 0) is 42.8 Å². The summed E-state index contributed by atoms with van der Waals surface area (Å²) in [6.45, 7) is 0.356. The Bertz CT molecular complexity index is 604. The van der Waals surface area contributed by atoms with Gasteiger partial charge in [0, 0.05) is 10.0 Å². The summed E-state index contributed by atoms with van der Waals surface area (Å²) in [6.07, 6.45) is 0.508. The van der Waals surface area contributed by atoms with Gasteiger partial charge in [-0.2, -0.15) is 0 Å². The first-order valence-corrected chi connectivity index (χ1v) is 6.95. The van der Waals surface area contributed by atoms with E-state index >= 15 is 0 Å². The smallest absolute Gasteiger partial charge is 0.165 e. The van der Waals surface area contributed by atoms with E-state index in [1.54, 1.807) is 24.3 Å². The SMILES string of the molecule is NCCc1cccc(F)c1OCc1cc(Br)ccc1F. The van der Waals surface area contributed by atoms with Gasteiger partial charge in [-0.1, -0.05) is 28.1 Å². The summed E-state index contributed by atoms with van der Waals surface area (Å²) < 4.78 is 33.6. The minimum Gasteiger partial charge on any atom is -0.485 e. The molecular weight excluding hydrogens is 328 g/mol. The second-order valence-corrected chi connectivity index (χ2v) is 5.21. The standard InChI is InChI=1S/C15H14BrF2NO/c16-12-4-5-13(17)11(8-12)9-20-15-10(6-7-19)2-1-3-14(15)18/h1-5,8H,6-7,9,19H2. The van der Waals surface area contributed by atoms with E-state index in [1.165, 1.54) is 12.1 Å². The number of hydrogen-bond acceptors (Lipinski definition) is 2. The molecule has 2 nitrogen and oxygen atoms in total. The molecule has 0 aliphatic rings. The van der Waals surface area contributed by atoms with Crippen LogP contribution in [-0.4, -0.2) is 6.54 Å². The largest absolute Gasteiger partial charge is 0.485 e. The van der Waals surface area contributed by atoms with Crippen molar-refractivity contribution in [2.75, 3.05) is 6.54 Å². The molecule has 0 radical (unpaired) electrons. The minimum absolute atomic E-state index is 0.0379. The fraction of sp³-hybridized carbons (Fsp3) is 0.200. The second-order valence-electron chi connectivity index (χ2n) is 4.29. The lowest BCUT2D eigenvalue weighted by molar-refractivity contribution is 0.281. The summed E-state index contributed by atoms with van der Waals surface area (Å²) in [5, 5.41) is 0. The first-order valence-electron chi connectivity index (χ1n) is 6.16. The van der Waals surface area contributed by atoms with Crippen LogP contribution in [0.4, 0.5) is 8.78 Å². The average molecular weight is 342 g/mol. The van der Waals surface area contributed by atoms with E-state index in [4.69, 9.17) is 10.5 Å². The number of benzene rings is 2. The molecule has 0 atom stereocenters. The molecule has 0 fully saturated rings. The highest BCUT2D eigenvalue weighted by molar-refractivity contribution is 9.10. The van der Waals surface area contributed by atoms with Gasteiger partial charge in [0.05, 0.1) is 0 Å². The quantitative estimate of drug-likeness (QED) is 0.897. The summed E-state index contributed by atoms with van der Waals surface area (Å²) in [5.74, 6) is -0.714. The van der Waals surface area contributed by atoms with Crippen LogP contribution in [0.25, 0.3) is 0 Å². The van der Waals surface area contributed by atoms with Crippen molar-refractivity contribution in [3.8, 4) is 5.75 Å². The Kier molecular flexibility index (Phi) is 5.09. The lowest BCUT2D eigenvalue weighted by atomic mass is 10.1. The molecule has 2 aromatic carbocycles. The Morgan fingerprint density at radius 2 is 1.85 bits per heavy atom. The van der Waals surface area contributed by atoms with Crippen molar-refractivity contribution in [2.24, 2.45) is 5.73 Å². The van der Waals surface area contributed by atoms with Crippen LogP contribution >= 0.6 is 15.9 Å². The highest BCUT2D eigenvalue weighted by atomic mass is 79.9. The van der Waals surface area contributed by atoms with Gasteiger partial charge in [0.2, 0.25) is 0 Å². The van der Waals surface area contributed by atoms with Gasteiger partial charge >= 0.3 is 0 Å². The predicted molar refractivity (Wildman–Crippen MR) is 77.6 cm³/mol. The predicted octanol–water partition coefficient (Wildman–Crippen LogP) is 3.81. The summed E-state index contributed by atoms with van der Waals surface area (Å²) in [7, 11) is 0. The van der Waals surface area contributed by atoms with E-state index in [0.29, 0.717) is 24.1 Å². The van der Waals surface area contributed by atoms with Crippen molar-refractivity contribution < 1.29 is 13.5 Å². The Morgan fingerprint density at radius 3 is 2.60 bits per heavy atom. The molecule has 106 valence electrons. The van der Waals surface area contributed by atoms with Gasteiger partial charge in [-0.3, -0.25) is 0 Å². The number of hydrogen-bond donors (Lipinski definition) is 1. The molecule has 0 saturated carbocycles. The van der Waals surface area contributed by atoms with E-state index in [1.807, 2.05) is 0 Å². The maximum absolute atomic E-state index is 13.8. The first kappa shape index (κ1) is 14.9. The molecule has 2 aromatic rings. The summed E-state index contributed by atoms with van der Waals surface area (Å²) >= 11 is 3.26. The molecule has 0 spiro atoms. The van der Waals surface area contributed by atoms with Crippen molar-refractivity contribution in [1.82, 2.24) is 0 Å². The zero-order valence-corrected chi connectivity index (χ0v) is 12.3. The Balaban J connectivity index is 2.20. The van der Waals surface area contributed by atoms with Crippen molar-refractivity contribution >= 4 is 15.9 Å². The van der Waals surface area contributed by atoms with Crippen LogP contribution < -0.4 is 10.5 Å². The number of nitrogens with two attached hydrogens (primary N) is 1. The van der Waals surface area contributed by atoms with Gasteiger partial charge in [0.25, 0.3) is 0 Å².